The van der Waals surface area contributed by atoms with Crippen molar-refractivity contribution in [2.24, 2.45) is 5.92 Å². The van der Waals surface area contributed by atoms with Gasteiger partial charge >= 0.3 is 0 Å². The maximum atomic E-state index is 13.0. The lowest BCUT2D eigenvalue weighted by Gasteiger charge is -2.13. The van der Waals surface area contributed by atoms with Crippen LogP contribution in [-0.4, -0.2) is 17.5 Å². The molecule has 88 valence electrons. The fourth-order valence-electron chi connectivity index (χ4n) is 1.57. The SMILES string of the molecule is CC(=O)C(CCO)Cc1cc(F)ccc1Br. The van der Waals surface area contributed by atoms with Gasteiger partial charge in [0.15, 0.2) is 0 Å². The number of rotatable bonds is 5. The van der Waals surface area contributed by atoms with E-state index in [1.807, 2.05) is 0 Å². The Kier molecular flexibility index (Phi) is 5.09. The average molecular weight is 289 g/mol. The van der Waals surface area contributed by atoms with Crippen LogP contribution >= 0.6 is 15.9 Å². The zero-order chi connectivity index (χ0) is 12.1. The normalized spacial score (nSPS) is 12.5. The Morgan fingerprint density at radius 1 is 1.56 bits per heavy atom. The molecular weight excluding hydrogens is 275 g/mol. The van der Waals surface area contributed by atoms with Crippen molar-refractivity contribution in [3.8, 4) is 0 Å². The highest BCUT2D eigenvalue weighted by atomic mass is 79.9. The average Bonchev–Trinajstić information content (AvgIpc) is 2.22. The summed E-state index contributed by atoms with van der Waals surface area (Å²) < 4.78 is 13.8. The first-order valence-electron chi connectivity index (χ1n) is 5.10. The summed E-state index contributed by atoms with van der Waals surface area (Å²) >= 11 is 3.32. The highest BCUT2D eigenvalue weighted by Gasteiger charge is 2.16. The van der Waals surface area contributed by atoms with Crippen molar-refractivity contribution in [3.05, 3.63) is 34.1 Å². The van der Waals surface area contributed by atoms with Crippen LogP contribution in [-0.2, 0) is 11.2 Å². The minimum atomic E-state index is -0.315. The Hall–Kier alpha value is -0.740. The third-order valence-corrected chi connectivity index (χ3v) is 3.30. The van der Waals surface area contributed by atoms with Gasteiger partial charge in [0.1, 0.15) is 11.6 Å². The van der Waals surface area contributed by atoms with Gasteiger partial charge in [-0.1, -0.05) is 15.9 Å². The van der Waals surface area contributed by atoms with Gasteiger partial charge in [0.2, 0.25) is 0 Å². The molecule has 0 aromatic heterocycles. The lowest BCUT2D eigenvalue weighted by atomic mass is 9.93. The number of hydrogen-bond donors (Lipinski definition) is 1. The van der Waals surface area contributed by atoms with Gasteiger partial charge in [-0.15, -0.1) is 0 Å². The van der Waals surface area contributed by atoms with Crippen molar-refractivity contribution in [3.63, 3.8) is 0 Å². The van der Waals surface area contributed by atoms with Crippen LogP contribution < -0.4 is 0 Å². The summed E-state index contributed by atoms with van der Waals surface area (Å²) in [6.07, 6.45) is 0.868. The van der Waals surface area contributed by atoms with E-state index in [2.05, 4.69) is 15.9 Å². The summed E-state index contributed by atoms with van der Waals surface area (Å²) in [6.45, 7) is 1.46. The number of aliphatic hydroxyl groups excluding tert-OH is 1. The lowest BCUT2D eigenvalue weighted by molar-refractivity contribution is -0.121. The molecule has 1 aromatic rings. The molecule has 1 rings (SSSR count). The maximum Gasteiger partial charge on any atom is 0.133 e. The van der Waals surface area contributed by atoms with E-state index < -0.39 is 0 Å². The fourth-order valence-corrected chi connectivity index (χ4v) is 1.98. The molecule has 0 saturated carbocycles. The number of halogens is 2. The smallest absolute Gasteiger partial charge is 0.133 e. The highest BCUT2D eigenvalue weighted by molar-refractivity contribution is 9.10. The first-order valence-corrected chi connectivity index (χ1v) is 5.89. The van der Waals surface area contributed by atoms with Crippen LogP contribution in [0.1, 0.15) is 18.9 Å². The number of ketones is 1. The summed E-state index contributed by atoms with van der Waals surface area (Å²) in [7, 11) is 0. The van der Waals surface area contributed by atoms with Gasteiger partial charge in [-0.05, 0) is 43.5 Å². The van der Waals surface area contributed by atoms with Crippen molar-refractivity contribution in [2.75, 3.05) is 6.61 Å². The molecule has 0 heterocycles. The van der Waals surface area contributed by atoms with Crippen molar-refractivity contribution >= 4 is 21.7 Å². The number of benzene rings is 1. The second kappa shape index (κ2) is 6.11. The molecule has 0 radical (unpaired) electrons. The number of Topliss-reactive ketones (excluding diaryl/α,β-unsaturated/α-hetero) is 1. The summed E-state index contributed by atoms with van der Waals surface area (Å²) in [5.74, 6) is -0.544. The topological polar surface area (TPSA) is 37.3 Å². The van der Waals surface area contributed by atoms with Crippen LogP contribution in [0.2, 0.25) is 0 Å². The van der Waals surface area contributed by atoms with Crippen LogP contribution in [0, 0.1) is 11.7 Å². The van der Waals surface area contributed by atoms with E-state index in [1.165, 1.54) is 19.1 Å². The van der Waals surface area contributed by atoms with E-state index in [-0.39, 0.29) is 24.1 Å². The standard InChI is InChI=1S/C12H14BrFO2/c1-8(16)9(4-5-15)6-10-7-11(14)2-3-12(10)13/h2-3,7,9,15H,4-6H2,1H3. The number of aliphatic hydroxyl groups is 1. The van der Waals surface area contributed by atoms with Crippen LogP contribution in [0.25, 0.3) is 0 Å². The molecule has 0 saturated heterocycles. The van der Waals surface area contributed by atoms with Gasteiger partial charge < -0.3 is 5.11 Å². The number of carbonyl (C=O) groups excluding carboxylic acids is 1. The number of carbonyl (C=O) groups is 1. The van der Waals surface area contributed by atoms with Gasteiger partial charge in [-0.2, -0.15) is 0 Å². The molecule has 2 nitrogen and oxygen atoms in total. The third kappa shape index (κ3) is 3.68. The predicted octanol–water partition coefficient (Wildman–Crippen LogP) is 2.72. The van der Waals surface area contributed by atoms with Gasteiger partial charge in [0.25, 0.3) is 0 Å². The van der Waals surface area contributed by atoms with E-state index in [1.54, 1.807) is 6.07 Å². The maximum absolute atomic E-state index is 13.0. The molecule has 1 atom stereocenters. The first kappa shape index (κ1) is 13.3. The third-order valence-electron chi connectivity index (χ3n) is 2.53. The van der Waals surface area contributed by atoms with E-state index >= 15 is 0 Å². The molecule has 0 fully saturated rings. The summed E-state index contributed by atoms with van der Waals surface area (Å²) in [4.78, 5) is 11.3. The molecule has 0 spiro atoms. The molecule has 0 aliphatic carbocycles. The molecule has 16 heavy (non-hydrogen) atoms. The second-order valence-electron chi connectivity index (χ2n) is 3.76. The second-order valence-corrected chi connectivity index (χ2v) is 4.61. The molecular formula is C12H14BrFO2. The Labute approximate surface area is 103 Å². The Morgan fingerprint density at radius 3 is 2.81 bits per heavy atom. The van der Waals surface area contributed by atoms with E-state index in [9.17, 15) is 9.18 Å². The van der Waals surface area contributed by atoms with E-state index in [0.29, 0.717) is 12.8 Å². The van der Waals surface area contributed by atoms with Crippen molar-refractivity contribution in [1.29, 1.82) is 0 Å². The van der Waals surface area contributed by atoms with Crippen LogP contribution in [0.15, 0.2) is 22.7 Å². The molecule has 1 aromatic carbocycles. The van der Waals surface area contributed by atoms with Crippen LogP contribution in [0.4, 0.5) is 4.39 Å². The molecule has 0 aliphatic heterocycles. The molecule has 0 bridgehead atoms. The van der Waals surface area contributed by atoms with Gasteiger partial charge in [-0.3, -0.25) is 4.79 Å². The first-order chi connectivity index (χ1) is 7.54. The van der Waals surface area contributed by atoms with Gasteiger partial charge in [0.05, 0.1) is 0 Å². The molecule has 1 N–H and O–H groups in total. The fraction of sp³-hybridized carbons (Fsp3) is 0.417. The van der Waals surface area contributed by atoms with E-state index in [0.717, 1.165) is 10.0 Å². The van der Waals surface area contributed by atoms with Crippen LogP contribution in [0.3, 0.4) is 0 Å². The molecule has 0 aliphatic rings. The number of hydrogen-bond acceptors (Lipinski definition) is 2. The van der Waals surface area contributed by atoms with Crippen molar-refractivity contribution in [2.45, 2.75) is 19.8 Å². The molecule has 0 amide bonds. The minimum absolute atomic E-state index is 0.0187. The van der Waals surface area contributed by atoms with Gasteiger partial charge in [-0.25, -0.2) is 4.39 Å². The van der Waals surface area contributed by atoms with Gasteiger partial charge in [0, 0.05) is 17.0 Å². The van der Waals surface area contributed by atoms with Crippen molar-refractivity contribution < 1.29 is 14.3 Å². The Morgan fingerprint density at radius 2 is 2.25 bits per heavy atom. The highest BCUT2D eigenvalue weighted by Crippen LogP contribution is 2.22. The molecule has 1 unspecified atom stereocenters. The monoisotopic (exact) mass is 288 g/mol. The van der Waals surface area contributed by atoms with Crippen LogP contribution in [0.5, 0.6) is 0 Å². The zero-order valence-corrected chi connectivity index (χ0v) is 10.6. The summed E-state index contributed by atoms with van der Waals surface area (Å²) in [5.41, 5.74) is 0.758. The Bertz CT molecular complexity index is 379. The summed E-state index contributed by atoms with van der Waals surface area (Å²) in [6, 6.07) is 4.40. The molecule has 4 heteroatoms. The Balaban J connectivity index is 2.84. The minimum Gasteiger partial charge on any atom is -0.396 e. The lowest BCUT2D eigenvalue weighted by Crippen LogP contribution is -2.16. The van der Waals surface area contributed by atoms with E-state index in [4.69, 9.17) is 5.11 Å². The van der Waals surface area contributed by atoms with Crippen molar-refractivity contribution in [1.82, 2.24) is 0 Å². The zero-order valence-electron chi connectivity index (χ0n) is 9.04. The summed E-state index contributed by atoms with van der Waals surface area (Å²) in [5, 5.41) is 8.85. The largest absolute Gasteiger partial charge is 0.396 e. The quantitative estimate of drug-likeness (QED) is 0.905. The predicted molar refractivity (Wildman–Crippen MR) is 63.7 cm³/mol.